The van der Waals surface area contributed by atoms with Crippen molar-refractivity contribution in [2.75, 3.05) is 0 Å². The topological polar surface area (TPSA) is 59.3 Å². The average Bonchev–Trinajstić information content (AvgIpc) is 2.34. The molecule has 0 aliphatic carbocycles. The van der Waals surface area contributed by atoms with Crippen molar-refractivity contribution in [1.82, 2.24) is 4.57 Å². The number of hydrogen-bond acceptors (Lipinski definition) is 2. The van der Waals surface area contributed by atoms with Crippen molar-refractivity contribution < 1.29 is 9.90 Å². The van der Waals surface area contributed by atoms with Crippen LogP contribution in [0.1, 0.15) is 32.6 Å². The summed E-state index contributed by atoms with van der Waals surface area (Å²) >= 11 is 0. The number of aromatic nitrogens is 1. The third-order valence-corrected chi connectivity index (χ3v) is 3.41. The molecule has 2 rings (SSSR count). The van der Waals surface area contributed by atoms with Crippen LogP contribution in [-0.2, 0) is 6.54 Å². The third-order valence-electron chi connectivity index (χ3n) is 3.41. The molecule has 0 saturated carbocycles. The summed E-state index contributed by atoms with van der Waals surface area (Å²) in [5.74, 6) is -1.09. The molecule has 1 heterocycles. The Kier molecular flexibility index (Phi) is 3.74. The summed E-state index contributed by atoms with van der Waals surface area (Å²) in [7, 11) is 0. The van der Waals surface area contributed by atoms with E-state index in [4.69, 9.17) is 5.11 Å². The maximum absolute atomic E-state index is 11.9. The SMILES string of the molecule is Cc1cc(C)c(Cn2ccc(C(=O)O)cc2=O)c(C)c1. The van der Waals surface area contributed by atoms with Crippen LogP contribution in [0.2, 0.25) is 0 Å². The average molecular weight is 271 g/mol. The molecule has 1 aromatic heterocycles. The van der Waals surface area contributed by atoms with Crippen molar-refractivity contribution in [1.29, 1.82) is 0 Å². The number of rotatable bonds is 3. The van der Waals surface area contributed by atoms with E-state index in [1.54, 1.807) is 0 Å². The minimum Gasteiger partial charge on any atom is -0.478 e. The number of pyridine rings is 1. The Labute approximate surface area is 117 Å². The molecule has 0 aliphatic rings. The summed E-state index contributed by atoms with van der Waals surface area (Å²) in [6, 6.07) is 6.77. The Morgan fingerprint density at radius 1 is 1.15 bits per heavy atom. The van der Waals surface area contributed by atoms with Crippen molar-refractivity contribution >= 4 is 5.97 Å². The van der Waals surface area contributed by atoms with Gasteiger partial charge in [-0.1, -0.05) is 17.7 Å². The van der Waals surface area contributed by atoms with E-state index < -0.39 is 5.97 Å². The molecule has 4 heteroatoms. The summed E-state index contributed by atoms with van der Waals surface area (Å²) < 4.78 is 1.52. The van der Waals surface area contributed by atoms with Crippen molar-refractivity contribution in [2.45, 2.75) is 27.3 Å². The molecule has 0 bridgehead atoms. The van der Waals surface area contributed by atoms with Gasteiger partial charge in [-0.25, -0.2) is 4.79 Å². The van der Waals surface area contributed by atoms with E-state index in [1.807, 2.05) is 20.8 Å². The summed E-state index contributed by atoms with van der Waals surface area (Å²) in [6.45, 7) is 6.53. The van der Waals surface area contributed by atoms with Crippen molar-refractivity contribution in [3.8, 4) is 0 Å². The molecule has 104 valence electrons. The van der Waals surface area contributed by atoms with Gasteiger partial charge in [0.2, 0.25) is 0 Å². The Balaban J connectivity index is 2.41. The first-order valence-electron chi connectivity index (χ1n) is 6.39. The predicted molar refractivity (Wildman–Crippen MR) is 77.4 cm³/mol. The zero-order chi connectivity index (χ0) is 14.9. The number of aromatic carboxylic acids is 1. The van der Waals surface area contributed by atoms with E-state index in [0.29, 0.717) is 6.54 Å². The number of hydrogen-bond donors (Lipinski definition) is 1. The number of benzene rings is 1. The predicted octanol–water partition coefficient (Wildman–Crippen LogP) is 2.52. The zero-order valence-electron chi connectivity index (χ0n) is 11.8. The smallest absolute Gasteiger partial charge is 0.335 e. The lowest BCUT2D eigenvalue weighted by Crippen LogP contribution is -2.21. The highest BCUT2D eigenvalue weighted by molar-refractivity contribution is 5.87. The van der Waals surface area contributed by atoms with E-state index in [9.17, 15) is 9.59 Å². The molecule has 0 saturated heterocycles. The second-order valence-electron chi connectivity index (χ2n) is 5.06. The largest absolute Gasteiger partial charge is 0.478 e. The van der Waals surface area contributed by atoms with Gasteiger partial charge in [0.25, 0.3) is 5.56 Å². The van der Waals surface area contributed by atoms with E-state index in [2.05, 4.69) is 12.1 Å². The molecule has 20 heavy (non-hydrogen) atoms. The van der Waals surface area contributed by atoms with E-state index in [0.717, 1.165) is 22.8 Å². The van der Waals surface area contributed by atoms with E-state index in [-0.39, 0.29) is 11.1 Å². The standard InChI is InChI=1S/C16H17NO3/c1-10-6-11(2)14(12(3)7-10)9-17-5-4-13(16(19)20)8-15(17)18/h4-8H,9H2,1-3H3,(H,19,20). The molecule has 0 fully saturated rings. The molecular formula is C16H17NO3. The van der Waals surface area contributed by atoms with Crippen LogP contribution in [0.15, 0.2) is 35.3 Å². The number of carbonyl (C=O) groups is 1. The second-order valence-corrected chi connectivity index (χ2v) is 5.06. The quantitative estimate of drug-likeness (QED) is 0.933. The maximum Gasteiger partial charge on any atom is 0.335 e. The monoisotopic (exact) mass is 271 g/mol. The lowest BCUT2D eigenvalue weighted by molar-refractivity contribution is 0.0696. The number of carboxylic acids is 1. The van der Waals surface area contributed by atoms with Crippen LogP contribution in [-0.4, -0.2) is 15.6 Å². The highest BCUT2D eigenvalue weighted by Gasteiger charge is 2.08. The van der Waals surface area contributed by atoms with Crippen LogP contribution in [0.5, 0.6) is 0 Å². The zero-order valence-corrected chi connectivity index (χ0v) is 11.8. The molecule has 4 nitrogen and oxygen atoms in total. The fraction of sp³-hybridized carbons (Fsp3) is 0.250. The van der Waals surface area contributed by atoms with Gasteiger partial charge in [0, 0.05) is 12.3 Å². The molecule has 0 amide bonds. The molecule has 0 atom stereocenters. The summed E-state index contributed by atoms with van der Waals surface area (Å²) in [6.07, 6.45) is 1.53. The van der Waals surface area contributed by atoms with Gasteiger partial charge in [-0.3, -0.25) is 4.79 Å². The third kappa shape index (κ3) is 2.79. The van der Waals surface area contributed by atoms with Crippen LogP contribution < -0.4 is 5.56 Å². The Morgan fingerprint density at radius 3 is 2.25 bits per heavy atom. The van der Waals surface area contributed by atoms with Crippen molar-refractivity contribution in [2.24, 2.45) is 0 Å². The van der Waals surface area contributed by atoms with Gasteiger partial charge in [-0.15, -0.1) is 0 Å². The normalized spacial score (nSPS) is 10.6. The van der Waals surface area contributed by atoms with E-state index in [1.165, 1.54) is 22.4 Å². The first kappa shape index (κ1) is 14.1. The van der Waals surface area contributed by atoms with Crippen LogP contribution in [0.3, 0.4) is 0 Å². The van der Waals surface area contributed by atoms with Gasteiger partial charge in [0.05, 0.1) is 12.1 Å². The molecule has 1 aromatic carbocycles. The minimum absolute atomic E-state index is 0.0172. The lowest BCUT2D eigenvalue weighted by atomic mass is 10.00. The lowest BCUT2D eigenvalue weighted by Gasteiger charge is -2.13. The van der Waals surface area contributed by atoms with Crippen LogP contribution in [0, 0.1) is 20.8 Å². The van der Waals surface area contributed by atoms with Gasteiger partial charge in [0.1, 0.15) is 0 Å². The molecule has 2 aromatic rings. The Morgan fingerprint density at radius 2 is 1.75 bits per heavy atom. The van der Waals surface area contributed by atoms with Crippen molar-refractivity contribution in [3.63, 3.8) is 0 Å². The van der Waals surface area contributed by atoms with Gasteiger partial charge >= 0.3 is 5.97 Å². The van der Waals surface area contributed by atoms with E-state index >= 15 is 0 Å². The minimum atomic E-state index is -1.09. The summed E-state index contributed by atoms with van der Waals surface area (Å²) in [5, 5.41) is 8.86. The van der Waals surface area contributed by atoms with Gasteiger partial charge in [0.15, 0.2) is 0 Å². The van der Waals surface area contributed by atoms with Gasteiger partial charge in [-0.05, 0) is 43.5 Å². The Bertz CT molecular complexity index is 706. The van der Waals surface area contributed by atoms with Gasteiger partial charge in [-0.2, -0.15) is 0 Å². The van der Waals surface area contributed by atoms with Crippen LogP contribution in [0.4, 0.5) is 0 Å². The number of carboxylic acid groups (broad SMARTS) is 1. The highest BCUT2D eigenvalue weighted by atomic mass is 16.4. The first-order valence-corrected chi connectivity index (χ1v) is 6.39. The Hall–Kier alpha value is -2.36. The molecule has 0 unspecified atom stereocenters. The second kappa shape index (κ2) is 5.33. The van der Waals surface area contributed by atoms with Crippen molar-refractivity contribution in [3.05, 3.63) is 68.6 Å². The fourth-order valence-corrected chi connectivity index (χ4v) is 2.40. The molecule has 0 radical (unpaired) electrons. The first-order chi connectivity index (χ1) is 9.38. The summed E-state index contributed by atoms with van der Waals surface area (Å²) in [4.78, 5) is 22.8. The highest BCUT2D eigenvalue weighted by Crippen LogP contribution is 2.17. The maximum atomic E-state index is 11.9. The summed E-state index contributed by atoms with van der Waals surface area (Å²) in [5.41, 5.74) is 4.28. The molecular weight excluding hydrogens is 254 g/mol. The van der Waals surface area contributed by atoms with Crippen LogP contribution >= 0.6 is 0 Å². The number of aryl methyl sites for hydroxylation is 3. The van der Waals surface area contributed by atoms with Crippen LogP contribution in [0.25, 0.3) is 0 Å². The molecule has 0 spiro atoms. The molecule has 0 aliphatic heterocycles. The number of nitrogens with zero attached hydrogens (tertiary/aromatic N) is 1. The molecule has 1 N–H and O–H groups in total. The van der Waals surface area contributed by atoms with Gasteiger partial charge < -0.3 is 9.67 Å². The fourth-order valence-electron chi connectivity index (χ4n) is 2.40.